The summed E-state index contributed by atoms with van der Waals surface area (Å²) in [6.07, 6.45) is 3.08. The van der Waals surface area contributed by atoms with Crippen molar-refractivity contribution in [1.82, 2.24) is 0 Å². The van der Waals surface area contributed by atoms with Gasteiger partial charge in [0, 0.05) is 0 Å². The van der Waals surface area contributed by atoms with E-state index in [-0.39, 0.29) is 0 Å². The van der Waals surface area contributed by atoms with Crippen LogP contribution >= 0.6 is 0 Å². The molecular formula is C6H14NO+. The second kappa shape index (κ2) is 1.71. The first kappa shape index (κ1) is 6.05. The van der Waals surface area contributed by atoms with E-state index in [0.717, 1.165) is 0 Å². The number of hydrogen-bond acceptors (Lipinski definition) is 1. The molecule has 0 aromatic heterocycles. The Morgan fingerprint density at radius 2 is 1.75 bits per heavy atom. The van der Waals surface area contributed by atoms with E-state index >= 15 is 0 Å². The van der Waals surface area contributed by atoms with E-state index in [9.17, 15) is 0 Å². The molecule has 0 aromatic carbocycles. The summed E-state index contributed by atoms with van der Waals surface area (Å²) >= 11 is 0. The molecule has 0 bridgehead atoms. The van der Waals surface area contributed by atoms with E-state index < -0.39 is 0 Å². The van der Waals surface area contributed by atoms with Gasteiger partial charge in [0.15, 0.2) is 0 Å². The maximum absolute atomic E-state index is 5.49. The fraction of sp³-hybridized carbons (Fsp3) is 1.00. The minimum atomic E-state index is 0.565. The van der Waals surface area contributed by atoms with Gasteiger partial charge in [-0.1, -0.05) is 0 Å². The Balaban J connectivity index is 2.16. The molecule has 8 heavy (non-hydrogen) atoms. The van der Waals surface area contributed by atoms with Gasteiger partial charge in [-0.05, 0) is 12.8 Å². The molecule has 1 aliphatic rings. The average Bonchev–Trinajstić information content (AvgIpc) is 2.12. The van der Waals surface area contributed by atoms with E-state index in [2.05, 4.69) is 0 Å². The third-order valence-electron chi connectivity index (χ3n) is 0.990. The summed E-state index contributed by atoms with van der Waals surface area (Å²) < 4.78 is 0.644. The van der Waals surface area contributed by atoms with Gasteiger partial charge in [0.2, 0.25) is 0 Å². The molecule has 0 heterocycles. The summed E-state index contributed by atoms with van der Waals surface area (Å²) in [6, 6.07) is 0. The summed E-state index contributed by atoms with van der Waals surface area (Å²) in [6.45, 7) is 0. The molecule has 2 heteroatoms. The Morgan fingerprint density at radius 3 is 1.88 bits per heavy atom. The molecular weight excluding hydrogens is 102 g/mol. The highest BCUT2D eigenvalue weighted by molar-refractivity contribution is 4.70. The van der Waals surface area contributed by atoms with Crippen molar-refractivity contribution in [3.8, 4) is 0 Å². The number of hydroxylamine groups is 3. The summed E-state index contributed by atoms with van der Waals surface area (Å²) in [5.41, 5.74) is 0. The highest BCUT2D eigenvalue weighted by atomic mass is 16.7. The van der Waals surface area contributed by atoms with Crippen LogP contribution in [0.25, 0.3) is 0 Å². The van der Waals surface area contributed by atoms with Crippen molar-refractivity contribution in [3.63, 3.8) is 0 Å². The number of nitrogens with zero attached hydrogens (tertiary/aromatic N) is 1. The standard InChI is InChI=1S/C6H14NO/c1-7(2,3)8-6-4-5-6/h6H,4-5H2,1-3H3/q+1. The summed E-state index contributed by atoms with van der Waals surface area (Å²) in [5, 5.41) is 0. The average molecular weight is 116 g/mol. The molecule has 0 unspecified atom stereocenters. The lowest BCUT2D eigenvalue weighted by atomic mass is 10.8. The van der Waals surface area contributed by atoms with Crippen LogP contribution < -0.4 is 0 Å². The zero-order valence-electron chi connectivity index (χ0n) is 5.85. The molecule has 2 nitrogen and oxygen atoms in total. The first-order valence-electron chi connectivity index (χ1n) is 3.08. The van der Waals surface area contributed by atoms with Crippen molar-refractivity contribution >= 4 is 0 Å². The minimum Gasteiger partial charge on any atom is -0.200 e. The first-order valence-corrected chi connectivity index (χ1v) is 3.08. The van der Waals surface area contributed by atoms with Crippen LogP contribution in [0.2, 0.25) is 0 Å². The molecule has 1 aliphatic carbocycles. The van der Waals surface area contributed by atoms with Crippen molar-refractivity contribution in [2.45, 2.75) is 18.9 Å². The quantitative estimate of drug-likeness (QED) is 0.383. The van der Waals surface area contributed by atoms with Gasteiger partial charge in [-0.25, -0.2) is 4.84 Å². The second-order valence-electron chi connectivity index (χ2n) is 3.19. The van der Waals surface area contributed by atoms with Crippen LogP contribution in [0.5, 0.6) is 0 Å². The predicted molar refractivity (Wildman–Crippen MR) is 32.1 cm³/mol. The molecule has 0 atom stereocenters. The predicted octanol–water partition coefficient (Wildman–Crippen LogP) is 0.787. The van der Waals surface area contributed by atoms with Crippen molar-refractivity contribution < 1.29 is 9.48 Å². The third kappa shape index (κ3) is 2.28. The number of hydrogen-bond donors (Lipinski definition) is 0. The highest BCUT2D eigenvalue weighted by Gasteiger charge is 2.29. The van der Waals surface area contributed by atoms with Gasteiger partial charge >= 0.3 is 0 Å². The molecule has 0 saturated heterocycles. The molecule has 0 radical (unpaired) electrons. The van der Waals surface area contributed by atoms with Crippen LogP contribution in [0, 0.1) is 0 Å². The van der Waals surface area contributed by atoms with Crippen LogP contribution in [-0.2, 0) is 4.84 Å². The van der Waals surface area contributed by atoms with Gasteiger partial charge in [0.1, 0.15) is 6.10 Å². The molecule has 0 aromatic rings. The topological polar surface area (TPSA) is 9.23 Å². The van der Waals surface area contributed by atoms with E-state index in [0.29, 0.717) is 10.8 Å². The lowest BCUT2D eigenvalue weighted by Crippen LogP contribution is -2.35. The molecule has 1 fully saturated rings. The Labute approximate surface area is 50.6 Å². The van der Waals surface area contributed by atoms with E-state index in [1.807, 2.05) is 21.1 Å². The minimum absolute atomic E-state index is 0.565. The zero-order valence-corrected chi connectivity index (χ0v) is 5.85. The molecule has 0 amide bonds. The van der Waals surface area contributed by atoms with Crippen LogP contribution in [0.3, 0.4) is 0 Å². The molecule has 48 valence electrons. The summed E-state index contributed by atoms with van der Waals surface area (Å²) in [5.74, 6) is 0. The summed E-state index contributed by atoms with van der Waals surface area (Å²) in [4.78, 5) is 5.49. The molecule has 1 saturated carbocycles. The molecule has 1 rings (SSSR count). The smallest absolute Gasteiger partial charge is 0.117 e. The van der Waals surface area contributed by atoms with Crippen LogP contribution in [-0.4, -0.2) is 31.9 Å². The van der Waals surface area contributed by atoms with Gasteiger partial charge in [-0.15, -0.1) is 0 Å². The SMILES string of the molecule is C[N+](C)(C)OC1CC1. The van der Waals surface area contributed by atoms with E-state index in [4.69, 9.17) is 4.84 Å². The Bertz CT molecular complexity index is 81.0. The van der Waals surface area contributed by atoms with Gasteiger partial charge in [-0.2, -0.15) is 4.65 Å². The fourth-order valence-electron chi connectivity index (χ4n) is 0.621. The highest BCUT2D eigenvalue weighted by Crippen LogP contribution is 2.25. The van der Waals surface area contributed by atoms with Crippen molar-refractivity contribution in [1.29, 1.82) is 0 Å². The van der Waals surface area contributed by atoms with Gasteiger partial charge in [-0.3, -0.25) is 0 Å². The molecule has 0 spiro atoms. The largest absolute Gasteiger partial charge is 0.200 e. The normalized spacial score (nSPS) is 21.4. The summed E-state index contributed by atoms with van der Waals surface area (Å²) in [7, 11) is 6.12. The molecule has 0 N–H and O–H groups in total. The maximum atomic E-state index is 5.49. The monoisotopic (exact) mass is 116 g/mol. The molecule has 0 aliphatic heterocycles. The van der Waals surface area contributed by atoms with Crippen molar-refractivity contribution in [3.05, 3.63) is 0 Å². The van der Waals surface area contributed by atoms with Crippen LogP contribution in [0.15, 0.2) is 0 Å². The zero-order chi connectivity index (χ0) is 6.20. The Hall–Kier alpha value is -0.0800. The van der Waals surface area contributed by atoms with Gasteiger partial charge in [0.25, 0.3) is 0 Å². The first-order chi connectivity index (χ1) is 3.58. The van der Waals surface area contributed by atoms with Gasteiger partial charge < -0.3 is 0 Å². The Morgan fingerprint density at radius 1 is 1.25 bits per heavy atom. The van der Waals surface area contributed by atoms with Crippen molar-refractivity contribution in [2.75, 3.05) is 21.1 Å². The third-order valence-corrected chi connectivity index (χ3v) is 0.990. The Kier molecular flexibility index (Phi) is 1.29. The number of rotatable bonds is 2. The lowest BCUT2D eigenvalue weighted by Gasteiger charge is -2.20. The van der Waals surface area contributed by atoms with Crippen molar-refractivity contribution in [2.24, 2.45) is 0 Å². The van der Waals surface area contributed by atoms with Crippen LogP contribution in [0.4, 0.5) is 0 Å². The lowest BCUT2D eigenvalue weighted by molar-refractivity contribution is -1.06. The fourth-order valence-corrected chi connectivity index (χ4v) is 0.621. The second-order valence-corrected chi connectivity index (χ2v) is 3.19. The maximum Gasteiger partial charge on any atom is 0.117 e. The number of quaternary nitrogens is 1. The van der Waals surface area contributed by atoms with Crippen LogP contribution in [0.1, 0.15) is 12.8 Å². The van der Waals surface area contributed by atoms with Gasteiger partial charge in [0.05, 0.1) is 21.1 Å². The van der Waals surface area contributed by atoms with E-state index in [1.54, 1.807) is 0 Å². The van der Waals surface area contributed by atoms with E-state index in [1.165, 1.54) is 12.8 Å².